The largest absolute Gasteiger partial charge is 0.379 e. The minimum atomic E-state index is -1.33. The second-order valence-electron chi connectivity index (χ2n) is 7.94. The van der Waals surface area contributed by atoms with E-state index in [1.165, 1.54) is 5.56 Å². The van der Waals surface area contributed by atoms with Gasteiger partial charge in [-0.1, -0.05) is 29.8 Å². The quantitative estimate of drug-likeness (QED) is 0.845. The van der Waals surface area contributed by atoms with Gasteiger partial charge in [0.25, 0.3) is 5.91 Å². The van der Waals surface area contributed by atoms with Crippen LogP contribution in [0.2, 0.25) is 0 Å². The summed E-state index contributed by atoms with van der Waals surface area (Å²) in [6.45, 7) is 6.26. The van der Waals surface area contributed by atoms with Crippen LogP contribution in [0.15, 0.2) is 30.5 Å². The van der Waals surface area contributed by atoms with E-state index in [9.17, 15) is 9.90 Å². The summed E-state index contributed by atoms with van der Waals surface area (Å²) in [5.74, 6) is -0.162. The number of aromatic nitrogens is 2. The van der Waals surface area contributed by atoms with Crippen molar-refractivity contribution in [1.29, 1.82) is 0 Å². The molecule has 0 saturated carbocycles. The standard InChI is InChI=1S/C21H30N4O2/c1-16-7-5-8-18(11-16)12-25-10-6-9-21(27,20(25)26)15-23(3)13-19-14-24(4)22-17(19)2/h5,7-8,11,14,27H,6,9-10,12-13,15H2,1-4H3/t21-/m1/s1. The maximum absolute atomic E-state index is 13.0. The van der Waals surface area contributed by atoms with Gasteiger partial charge in [-0.05, 0) is 39.3 Å². The van der Waals surface area contributed by atoms with Gasteiger partial charge >= 0.3 is 0 Å². The van der Waals surface area contributed by atoms with Crippen LogP contribution in [0, 0.1) is 13.8 Å². The number of likely N-dealkylation sites (tertiary alicyclic amines) is 1. The lowest BCUT2D eigenvalue weighted by Gasteiger charge is -2.40. The second kappa shape index (κ2) is 7.82. The highest BCUT2D eigenvalue weighted by molar-refractivity contribution is 5.86. The third-order valence-corrected chi connectivity index (χ3v) is 5.25. The van der Waals surface area contributed by atoms with Crippen LogP contribution in [-0.2, 0) is 24.9 Å². The Balaban J connectivity index is 1.66. The Bertz CT molecular complexity index is 816. The van der Waals surface area contributed by atoms with Crippen LogP contribution in [0.25, 0.3) is 0 Å². The van der Waals surface area contributed by atoms with E-state index in [-0.39, 0.29) is 5.91 Å². The molecule has 2 heterocycles. The molecule has 1 aromatic heterocycles. The van der Waals surface area contributed by atoms with Crippen molar-refractivity contribution in [2.24, 2.45) is 7.05 Å². The number of amides is 1. The highest BCUT2D eigenvalue weighted by Gasteiger charge is 2.42. The van der Waals surface area contributed by atoms with E-state index in [4.69, 9.17) is 0 Å². The predicted octanol–water partition coefficient (Wildman–Crippen LogP) is 2.02. The summed E-state index contributed by atoms with van der Waals surface area (Å²) in [5.41, 5.74) is 3.05. The van der Waals surface area contributed by atoms with Crippen molar-refractivity contribution < 1.29 is 9.90 Å². The molecule has 1 aromatic carbocycles. The number of carbonyl (C=O) groups is 1. The molecule has 0 unspecified atom stereocenters. The monoisotopic (exact) mass is 370 g/mol. The summed E-state index contributed by atoms with van der Waals surface area (Å²) in [5, 5.41) is 15.5. The molecule has 1 N–H and O–H groups in total. The molecule has 0 aliphatic carbocycles. The maximum Gasteiger partial charge on any atom is 0.256 e. The van der Waals surface area contributed by atoms with E-state index < -0.39 is 5.60 Å². The van der Waals surface area contributed by atoms with E-state index >= 15 is 0 Å². The molecular weight excluding hydrogens is 340 g/mol. The van der Waals surface area contributed by atoms with Gasteiger partial charge in [0.1, 0.15) is 0 Å². The number of piperidine rings is 1. The summed E-state index contributed by atoms with van der Waals surface area (Å²) in [7, 11) is 3.84. The van der Waals surface area contributed by atoms with Crippen LogP contribution >= 0.6 is 0 Å². The first-order valence-electron chi connectivity index (χ1n) is 9.52. The Morgan fingerprint density at radius 3 is 2.78 bits per heavy atom. The summed E-state index contributed by atoms with van der Waals surface area (Å²) in [4.78, 5) is 16.8. The zero-order valence-corrected chi connectivity index (χ0v) is 16.8. The van der Waals surface area contributed by atoms with Gasteiger partial charge in [0.2, 0.25) is 0 Å². The Hall–Kier alpha value is -2.18. The van der Waals surface area contributed by atoms with Gasteiger partial charge in [-0.2, -0.15) is 5.10 Å². The molecular formula is C21H30N4O2. The number of hydrogen-bond donors (Lipinski definition) is 1. The highest BCUT2D eigenvalue weighted by Crippen LogP contribution is 2.26. The molecule has 0 spiro atoms. The van der Waals surface area contributed by atoms with Crippen LogP contribution in [0.4, 0.5) is 0 Å². The number of rotatable bonds is 6. The summed E-state index contributed by atoms with van der Waals surface area (Å²) >= 11 is 0. The van der Waals surface area contributed by atoms with Crippen LogP contribution in [0.5, 0.6) is 0 Å². The third kappa shape index (κ3) is 4.57. The molecule has 1 fully saturated rings. The maximum atomic E-state index is 13.0. The van der Waals surface area contributed by atoms with Crippen molar-refractivity contribution >= 4 is 5.91 Å². The molecule has 6 heteroatoms. The fourth-order valence-electron chi connectivity index (χ4n) is 3.99. The molecule has 1 amide bonds. The molecule has 146 valence electrons. The number of carbonyl (C=O) groups excluding carboxylic acids is 1. The minimum absolute atomic E-state index is 0.162. The number of aliphatic hydroxyl groups is 1. The van der Waals surface area contributed by atoms with Gasteiger partial charge in [0.15, 0.2) is 5.60 Å². The van der Waals surface area contributed by atoms with Crippen molar-refractivity contribution in [3.05, 3.63) is 52.8 Å². The molecule has 1 saturated heterocycles. The Morgan fingerprint density at radius 1 is 1.33 bits per heavy atom. The summed E-state index contributed by atoms with van der Waals surface area (Å²) in [6.07, 6.45) is 3.31. The lowest BCUT2D eigenvalue weighted by Crippen LogP contribution is -2.57. The molecule has 2 aromatic rings. The lowest BCUT2D eigenvalue weighted by molar-refractivity contribution is -0.160. The van der Waals surface area contributed by atoms with Gasteiger partial charge in [-0.15, -0.1) is 0 Å². The average molecular weight is 370 g/mol. The highest BCUT2D eigenvalue weighted by atomic mass is 16.3. The normalized spacial score (nSPS) is 20.5. The van der Waals surface area contributed by atoms with Crippen LogP contribution in [0.3, 0.4) is 0 Å². The first-order chi connectivity index (χ1) is 12.8. The Kier molecular flexibility index (Phi) is 5.67. The van der Waals surface area contributed by atoms with Gasteiger partial charge < -0.3 is 10.0 Å². The van der Waals surface area contributed by atoms with E-state index in [1.54, 1.807) is 9.58 Å². The molecule has 1 atom stereocenters. The van der Waals surface area contributed by atoms with Crippen molar-refractivity contribution in [1.82, 2.24) is 19.6 Å². The topological polar surface area (TPSA) is 61.6 Å². The third-order valence-electron chi connectivity index (χ3n) is 5.25. The van der Waals surface area contributed by atoms with E-state index in [0.29, 0.717) is 32.6 Å². The van der Waals surface area contributed by atoms with Crippen LogP contribution in [0.1, 0.15) is 35.2 Å². The minimum Gasteiger partial charge on any atom is -0.379 e. The van der Waals surface area contributed by atoms with Crippen molar-refractivity contribution in [2.75, 3.05) is 20.1 Å². The molecule has 6 nitrogen and oxygen atoms in total. The zero-order chi connectivity index (χ0) is 19.6. The number of likely N-dealkylation sites (N-methyl/N-ethyl adjacent to an activating group) is 1. The van der Waals surface area contributed by atoms with Crippen LogP contribution < -0.4 is 0 Å². The number of benzene rings is 1. The first-order valence-corrected chi connectivity index (χ1v) is 9.52. The van der Waals surface area contributed by atoms with Gasteiger partial charge in [-0.3, -0.25) is 14.4 Å². The van der Waals surface area contributed by atoms with Gasteiger partial charge in [0, 0.05) is 45.0 Å². The predicted molar refractivity (Wildman–Crippen MR) is 105 cm³/mol. The molecule has 1 aliphatic rings. The Labute approximate surface area is 161 Å². The molecule has 27 heavy (non-hydrogen) atoms. The number of nitrogens with zero attached hydrogens (tertiary/aromatic N) is 4. The fraction of sp³-hybridized carbons (Fsp3) is 0.524. The van der Waals surface area contributed by atoms with Crippen molar-refractivity contribution in [3.8, 4) is 0 Å². The van der Waals surface area contributed by atoms with E-state index in [0.717, 1.165) is 23.2 Å². The summed E-state index contributed by atoms with van der Waals surface area (Å²) < 4.78 is 1.79. The smallest absolute Gasteiger partial charge is 0.256 e. The summed E-state index contributed by atoms with van der Waals surface area (Å²) in [6, 6.07) is 8.19. The molecule has 1 aliphatic heterocycles. The SMILES string of the molecule is Cc1cccc(CN2CCC[C@@](O)(CN(C)Cc3cn(C)nc3C)C2=O)c1. The zero-order valence-electron chi connectivity index (χ0n) is 16.8. The molecule has 0 radical (unpaired) electrons. The average Bonchev–Trinajstić information content (AvgIpc) is 2.89. The van der Waals surface area contributed by atoms with E-state index in [1.807, 2.05) is 57.2 Å². The van der Waals surface area contributed by atoms with Crippen molar-refractivity contribution in [2.45, 2.75) is 45.4 Å². The Morgan fingerprint density at radius 2 is 2.11 bits per heavy atom. The molecule has 0 bridgehead atoms. The first kappa shape index (κ1) is 19.6. The van der Waals surface area contributed by atoms with Gasteiger partial charge in [0.05, 0.1) is 5.69 Å². The molecule has 3 rings (SSSR count). The fourth-order valence-corrected chi connectivity index (χ4v) is 3.99. The van der Waals surface area contributed by atoms with Crippen molar-refractivity contribution in [3.63, 3.8) is 0 Å². The number of hydrogen-bond acceptors (Lipinski definition) is 4. The number of aryl methyl sites for hydroxylation is 3. The lowest BCUT2D eigenvalue weighted by atomic mass is 9.90. The van der Waals surface area contributed by atoms with E-state index in [2.05, 4.69) is 11.2 Å². The second-order valence-corrected chi connectivity index (χ2v) is 7.94. The van der Waals surface area contributed by atoms with Gasteiger partial charge in [-0.25, -0.2) is 0 Å². The van der Waals surface area contributed by atoms with Crippen LogP contribution in [-0.4, -0.2) is 56.3 Å².